The summed E-state index contributed by atoms with van der Waals surface area (Å²) in [5.41, 5.74) is 11.0. The summed E-state index contributed by atoms with van der Waals surface area (Å²) >= 11 is 0. The number of aromatic nitrogens is 2. The predicted molar refractivity (Wildman–Crippen MR) is 211 cm³/mol. The third-order valence-electron chi connectivity index (χ3n) is 10.0. The van der Waals surface area contributed by atoms with Crippen molar-refractivity contribution in [2.75, 3.05) is 0 Å². The smallest absolute Gasteiger partial charge is 0.0788 e. The first-order valence-corrected chi connectivity index (χ1v) is 17.1. The van der Waals surface area contributed by atoms with Crippen molar-refractivity contribution < 1.29 is 0 Å². The summed E-state index contributed by atoms with van der Waals surface area (Å²) in [6, 6.07) is 65.1. The fraction of sp³-hybridized carbons (Fsp3) is 0. The van der Waals surface area contributed by atoms with Crippen LogP contribution in [0.25, 0.3) is 98.9 Å². The van der Waals surface area contributed by atoms with Gasteiger partial charge in [0.1, 0.15) is 0 Å². The van der Waals surface area contributed by atoms with E-state index < -0.39 is 0 Å². The second-order valence-corrected chi connectivity index (χ2v) is 13.0. The molecule has 0 bridgehead atoms. The molecule has 8 aromatic carbocycles. The summed E-state index contributed by atoms with van der Waals surface area (Å²) in [5, 5.41) is 9.35. The van der Waals surface area contributed by atoms with E-state index in [9.17, 15) is 0 Å². The molecular formula is C48H30N2. The predicted octanol–water partition coefficient (Wildman–Crippen LogP) is 12.9. The van der Waals surface area contributed by atoms with Crippen molar-refractivity contribution in [3.8, 4) is 44.8 Å². The summed E-state index contributed by atoms with van der Waals surface area (Å²) in [5.74, 6) is 0. The van der Waals surface area contributed by atoms with Crippen LogP contribution in [-0.4, -0.2) is 9.97 Å². The van der Waals surface area contributed by atoms with Gasteiger partial charge >= 0.3 is 0 Å². The maximum Gasteiger partial charge on any atom is 0.0788 e. The van der Waals surface area contributed by atoms with Crippen molar-refractivity contribution in [1.29, 1.82) is 0 Å². The maximum atomic E-state index is 5.28. The summed E-state index contributed by atoms with van der Waals surface area (Å²) in [7, 11) is 0. The molecule has 0 unspecified atom stereocenters. The summed E-state index contributed by atoms with van der Waals surface area (Å²) in [4.78, 5) is 10.6. The average Bonchev–Trinajstić information content (AvgIpc) is 3.20. The van der Waals surface area contributed by atoms with Crippen LogP contribution in [0.4, 0.5) is 0 Å². The van der Waals surface area contributed by atoms with Crippen molar-refractivity contribution in [3.63, 3.8) is 0 Å². The van der Waals surface area contributed by atoms with Crippen LogP contribution >= 0.6 is 0 Å². The highest BCUT2D eigenvalue weighted by Crippen LogP contribution is 2.34. The monoisotopic (exact) mass is 634 g/mol. The van der Waals surface area contributed by atoms with Crippen molar-refractivity contribution in [3.05, 3.63) is 182 Å². The lowest BCUT2D eigenvalue weighted by atomic mass is 9.97. The van der Waals surface area contributed by atoms with Gasteiger partial charge in [-0.1, -0.05) is 146 Å². The molecular weight excluding hydrogens is 605 g/mol. The second-order valence-electron chi connectivity index (χ2n) is 13.0. The van der Waals surface area contributed by atoms with E-state index in [0.29, 0.717) is 0 Å². The van der Waals surface area contributed by atoms with Crippen LogP contribution in [0.3, 0.4) is 0 Å². The fourth-order valence-corrected chi connectivity index (χ4v) is 7.32. The summed E-state index contributed by atoms with van der Waals surface area (Å²) in [6.45, 7) is 0. The maximum absolute atomic E-state index is 5.28. The largest absolute Gasteiger partial charge is 0.247 e. The van der Waals surface area contributed by atoms with Gasteiger partial charge in [0, 0.05) is 32.7 Å². The number of fused-ring (bicyclic) bond motifs is 7. The first-order chi connectivity index (χ1) is 24.7. The Morgan fingerprint density at radius 1 is 0.240 bits per heavy atom. The highest BCUT2D eigenvalue weighted by atomic mass is 14.7. The topological polar surface area (TPSA) is 25.8 Å². The molecule has 0 aliphatic rings. The molecule has 2 aromatic heterocycles. The number of rotatable bonds is 4. The number of pyridine rings is 2. The molecule has 10 rings (SSSR count). The van der Waals surface area contributed by atoms with E-state index in [0.717, 1.165) is 49.7 Å². The Hall–Kier alpha value is -6.64. The van der Waals surface area contributed by atoms with Crippen LogP contribution in [0.5, 0.6) is 0 Å². The lowest BCUT2D eigenvalue weighted by Crippen LogP contribution is -1.89. The van der Waals surface area contributed by atoms with Crippen LogP contribution in [0.2, 0.25) is 0 Å². The van der Waals surface area contributed by atoms with Gasteiger partial charge in [-0.15, -0.1) is 0 Å². The van der Waals surface area contributed by atoms with Crippen molar-refractivity contribution in [2.24, 2.45) is 0 Å². The Labute approximate surface area is 290 Å². The van der Waals surface area contributed by atoms with E-state index in [1.807, 2.05) is 0 Å². The zero-order valence-electron chi connectivity index (χ0n) is 27.2. The van der Waals surface area contributed by atoms with Crippen molar-refractivity contribution in [2.45, 2.75) is 0 Å². The van der Waals surface area contributed by atoms with E-state index in [1.165, 1.54) is 49.2 Å². The van der Waals surface area contributed by atoms with Gasteiger partial charge < -0.3 is 0 Å². The third kappa shape index (κ3) is 4.89. The molecule has 0 aliphatic carbocycles. The molecule has 0 amide bonds. The number of hydrogen-bond donors (Lipinski definition) is 0. The van der Waals surface area contributed by atoms with Crippen LogP contribution < -0.4 is 0 Å². The van der Waals surface area contributed by atoms with Crippen molar-refractivity contribution >= 4 is 54.1 Å². The van der Waals surface area contributed by atoms with Gasteiger partial charge in [0.15, 0.2) is 0 Å². The molecule has 50 heavy (non-hydrogen) atoms. The lowest BCUT2D eigenvalue weighted by Gasteiger charge is -2.11. The summed E-state index contributed by atoms with van der Waals surface area (Å²) < 4.78 is 0. The Balaban J connectivity index is 1.06. The van der Waals surface area contributed by atoms with Gasteiger partial charge in [-0.25, -0.2) is 9.97 Å². The number of hydrogen-bond acceptors (Lipinski definition) is 2. The molecule has 2 heterocycles. The first-order valence-electron chi connectivity index (χ1n) is 17.1. The minimum atomic E-state index is 0.965. The molecule has 2 heteroatoms. The molecule has 0 saturated carbocycles. The third-order valence-corrected chi connectivity index (χ3v) is 10.0. The average molecular weight is 635 g/mol. The quantitative estimate of drug-likeness (QED) is 0.180. The molecule has 0 radical (unpaired) electrons. The van der Waals surface area contributed by atoms with E-state index in [2.05, 4.69) is 182 Å². The van der Waals surface area contributed by atoms with E-state index >= 15 is 0 Å². The van der Waals surface area contributed by atoms with Crippen LogP contribution in [-0.2, 0) is 0 Å². The van der Waals surface area contributed by atoms with Crippen LogP contribution in [0.1, 0.15) is 0 Å². The van der Waals surface area contributed by atoms with Crippen molar-refractivity contribution in [1.82, 2.24) is 9.97 Å². The SMILES string of the molecule is c1ccc(-c2ccc3ccc4ccc(-c5ccc6ccc(-c7ccc8ccc9ccc(-c%10ccccc%10)cc9c8n7)cc6c5)nc4c3c2)cc1. The highest BCUT2D eigenvalue weighted by molar-refractivity contribution is 6.08. The zero-order valence-corrected chi connectivity index (χ0v) is 27.2. The van der Waals surface area contributed by atoms with Gasteiger partial charge in [0.25, 0.3) is 0 Å². The normalized spacial score (nSPS) is 11.6. The molecule has 0 spiro atoms. The van der Waals surface area contributed by atoms with Gasteiger partial charge in [-0.2, -0.15) is 0 Å². The van der Waals surface area contributed by atoms with Gasteiger partial charge in [-0.3, -0.25) is 0 Å². The standard InChI is InChI=1S/C48H30N2/c1-3-7-31(8-4-1)38-19-15-34-13-17-36-23-25-45(49-47(36)43(34)29-38)40-21-11-33-12-22-41(28-42(33)27-40)46-26-24-37-18-14-35-16-20-39(30-44(35)48(37)50-46)32-9-5-2-6-10-32/h1-30H. The first kappa shape index (κ1) is 28.4. The van der Waals surface area contributed by atoms with Gasteiger partial charge in [0.05, 0.1) is 22.4 Å². The Bertz CT molecular complexity index is 2710. The molecule has 0 N–H and O–H groups in total. The molecule has 2 nitrogen and oxygen atoms in total. The molecule has 10 aromatic rings. The minimum absolute atomic E-state index is 0.965. The van der Waals surface area contributed by atoms with Gasteiger partial charge in [-0.05, 0) is 80.2 Å². The van der Waals surface area contributed by atoms with E-state index in [1.54, 1.807) is 0 Å². The molecule has 0 aliphatic heterocycles. The van der Waals surface area contributed by atoms with E-state index in [-0.39, 0.29) is 0 Å². The second kappa shape index (κ2) is 11.5. The van der Waals surface area contributed by atoms with Gasteiger partial charge in [0.2, 0.25) is 0 Å². The van der Waals surface area contributed by atoms with Crippen LogP contribution in [0.15, 0.2) is 182 Å². The Morgan fingerprint density at radius 3 is 1.10 bits per heavy atom. The minimum Gasteiger partial charge on any atom is -0.247 e. The Kier molecular flexibility index (Phi) is 6.53. The highest BCUT2D eigenvalue weighted by Gasteiger charge is 2.11. The fourth-order valence-electron chi connectivity index (χ4n) is 7.32. The lowest BCUT2D eigenvalue weighted by molar-refractivity contribution is 1.41. The molecule has 0 atom stereocenters. The summed E-state index contributed by atoms with van der Waals surface area (Å²) in [6.07, 6.45) is 0. The Morgan fingerprint density at radius 2 is 0.620 bits per heavy atom. The molecule has 0 fully saturated rings. The molecule has 0 saturated heterocycles. The number of benzene rings is 8. The van der Waals surface area contributed by atoms with E-state index in [4.69, 9.17) is 9.97 Å². The zero-order chi connectivity index (χ0) is 33.0. The van der Waals surface area contributed by atoms with Crippen LogP contribution in [0, 0.1) is 0 Å². The number of nitrogens with zero attached hydrogens (tertiary/aromatic N) is 2. The molecule has 232 valence electrons.